The summed E-state index contributed by atoms with van der Waals surface area (Å²) in [4.78, 5) is 4.36. The minimum Gasteiger partial charge on any atom is -0.445 e. The van der Waals surface area contributed by atoms with Crippen LogP contribution in [0, 0.1) is 5.92 Å². The van der Waals surface area contributed by atoms with Crippen LogP contribution in [0.15, 0.2) is 28.7 Å². The van der Waals surface area contributed by atoms with Crippen molar-refractivity contribution in [2.75, 3.05) is 6.54 Å². The predicted molar refractivity (Wildman–Crippen MR) is 75.3 cm³/mol. The molecule has 1 aromatic heterocycles. The average molecular weight is 310 g/mol. The van der Waals surface area contributed by atoms with Crippen molar-refractivity contribution in [2.24, 2.45) is 11.7 Å². The van der Waals surface area contributed by atoms with Crippen molar-refractivity contribution in [2.45, 2.75) is 31.9 Å². The van der Waals surface area contributed by atoms with E-state index in [0.29, 0.717) is 18.4 Å². The second-order valence-electron chi connectivity index (χ2n) is 5.65. The van der Waals surface area contributed by atoms with Crippen LogP contribution in [0.3, 0.4) is 0 Å². The molecule has 0 saturated carbocycles. The van der Waals surface area contributed by atoms with Gasteiger partial charge in [-0.25, -0.2) is 4.98 Å². The lowest BCUT2D eigenvalue weighted by molar-refractivity contribution is -0.138. The summed E-state index contributed by atoms with van der Waals surface area (Å²) in [6, 6.07) is 5.54. The van der Waals surface area contributed by atoms with Gasteiger partial charge in [0.2, 0.25) is 0 Å². The first-order valence-corrected chi connectivity index (χ1v) is 7.30. The highest BCUT2D eigenvalue weighted by Gasteiger charge is 2.33. The fourth-order valence-corrected chi connectivity index (χ4v) is 2.89. The van der Waals surface area contributed by atoms with E-state index in [1.807, 2.05) is 0 Å². The van der Waals surface area contributed by atoms with Crippen LogP contribution in [-0.4, -0.2) is 11.5 Å². The standard InChI is InChI=1S/C16H17F3N2O/c17-16(18,19)12-4-2-1-3-11(12)8-15-21-13-6-5-10(9-20)7-14(13)22-15/h1-4,10H,5-9,20H2. The topological polar surface area (TPSA) is 52.0 Å². The van der Waals surface area contributed by atoms with Gasteiger partial charge in [0, 0.05) is 12.8 Å². The summed E-state index contributed by atoms with van der Waals surface area (Å²) < 4.78 is 44.7. The molecule has 3 nitrogen and oxygen atoms in total. The molecule has 2 N–H and O–H groups in total. The van der Waals surface area contributed by atoms with Crippen LogP contribution < -0.4 is 5.73 Å². The average Bonchev–Trinajstić information content (AvgIpc) is 2.87. The van der Waals surface area contributed by atoms with Gasteiger partial charge < -0.3 is 10.2 Å². The van der Waals surface area contributed by atoms with Gasteiger partial charge in [0.15, 0.2) is 5.89 Å². The summed E-state index contributed by atoms with van der Waals surface area (Å²) in [5.41, 5.74) is 6.09. The van der Waals surface area contributed by atoms with Gasteiger partial charge in [-0.2, -0.15) is 13.2 Å². The Bertz CT molecular complexity index is 664. The van der Waals surface area contributed by atoms with Crippen LogP contribution in [0.4, 0.5) is 13.2 Å². The summed E-state index contributed by atoms with van der Waals surface area (Å²) in [6.45, 7) is 0.590. The number of benzene rings is 1. The molecule has 1 atom stereocenters. The Kier molecular flexibility index (Phi) is 3.95. The van der Waals surface area contributed by atoms with Gasteiger partial charge in [-0.15, -0.1) is 0 Å². The second-order valence-corrected chi connectivity index (χ2v) is 5.65. The molecular weight excluding hydrogens is 293 g/mol. The smallest absolute Gasteiger partial charge is 0.416 e. The molecule has 22 heavy (non-hydrogen) atoms. The first-order valence-electron chi connectivity index (χ1n) is 7.30. The molecule has 6 heteroatoms. The minimum absolute atomic E-state index is 0.0516. The number of oxazole rings is 1. The lowest BCUT2D eigenvalue weighted by atomic mass is 9.91. The van der Waals surface area contributed by atoms with E-state index in [2.05, 4.69) is 4.98 Å². The molecule has 0 amide bonds. The van der Waals surface area contributed by atoms with Crippen LogP contribution in [0.1, 0.15) is 34.9 Å². The van der Waals surface area contributed by atoms with E-state index in [4.69, 9.17) is 10.2 Å². The highest BCUT2D eigenvalue weighted by Crippen LogP contribution is 2.33. The molecule has 0 radical (unpaired) electrons. The maximum Gasteiger partial charge on any atom is 0.416 e. The van der Waals surface area contributed by atoms with Crippen molar-refractivity contribution in [3.8, 4) is 0 Å². The number of hydrogen-bond donors (Lipinski definition) is 1. The highest BCUT2D eigenvalue weighted by molar-refractivity contribution is 5.32. The monoisotopic (exact) mass is 310 g/mol. The Morgan fingerprint density at radius 3 is 2.77 bits per heavy atom. The third kappa shape index (κ3) is 3.02. The van der Waals surface area contributed by atoms with Gasteiger partial charge in [-0.3, -0.25) is 0 Å². The molecule has 0 spiro atoms. The number of halogens is 3. The predicted octanol–water partition coefficient (Wildman–Crippen LogP) is 3.35. The molecule has 1 aliphatic carbocycles. The zero-order chi connectivity index (χ0) is 15.7. The molecule has 1 heterocycles. The number of aromatic nitrogens is 1. The minimum atomic E-state index is -4.37. The number of fused-ring (bicyclic) bond motifs is 1. The quantitative estimate of drug-likeness (QED) is 0.946. The van der Waals surface area contributed by atoms with Crippen LogP contribution >= 0.6 is 0 Å². The Labute approximate surface area is 126 Å². The largest absolute Gasteiger partial charge is 0.445 e. The fourth-order valence-electron chi connectivity index (χ4n) is 2.89. The molecule has 3 rings (SSSR count). The molecule has 0 bridgehead atoms. The summed E-state index contributed by atoms with van der Waals surface area (Å²) in [7, 11) is 0. The number of nitrogens with zero attached hydrogens (tertiary/aromatic N) is 1. The number of nitrogens with two attached hydrogens (primary N) is 1. The Morgan fingerprint density at radius 1 is 1.27 bits per heavy atom. The molecule has 118 valence electrons. The molecule has 0 fully saturated rings. The van der Waals surface area contributed by atoms with Gasteiger partial charge >= 0.3 is 6.18 Å². The van der Waals surface area contributed by atoms with Gasteiger partial charge in [0.1, 0.15) is 5.76 Å². The maximum atomic E-state index is 13.0. The molecule has 1 aliphatic rings. The van der Waals surface area contributed by atoms with Gasteiger partial charge in [0.05, 0.1) is 11.3 Å². The molecule has 1 aromatic carbocycles. The van der Waals surface area contributed by atoms with Crippen LogP contribution in [-0.2, 0) is 25.4 Å². The third-order valence-corrected chi connectivity index (χ3v) is 4.08. The SMILES string of the molecule is NCC1CCc2nc(Cc3ccccc3C(F)(F)F)oc2C1. The summed E-state index contributed by atoms with van der Waals surface area (Å²) in [5.74, 6) is 1.50. The summed E-state index contributed by atoms with van der Waals surface area (Å²) >= 11 is 0. The summed E-state index contributed by atoms with van der Waals surface area (Å²) in [6.07, 6.45) is -1.86. The van der Waals surface area contributed by atoms with E-state index in [0.717, 1.165) is 36.8 Å². The first-order chi connectivity index (χ1) is 10.5. The van der Waals surface area contributed by atoms with Crippen molar-refractivity contribution in [1.82, 2.24) is 4.98 Å². The fraction of sp³-hybridized carbons (Fsp3) is 0.438. The van der Waals surface area contributed by atoms with Crippen LogP contribution in [0.2, 0.25) is 0 Å². The first kappa shape index (κ1) is 15.1. The Morgan fingerprint density at radius 2 is 2.05 bits per heavy atom. The van der Waals surface area contributed by atoms with Gasteiger partial charge in [-0.1, -0.05) is 18.2 Å². The molecule has 2 aromatic rings. The Hall–Kier alpha value is -1.82. The maximum absolute atomic E-state index is 13.0. The number of aryl methyl sites for hydroxylation is 1. The lowest BCUT2D eigenvalue weighted by Crippen LogP contribution is -2.21. The van der Waals surface area contributed by atoms with Gasteiger partial charge in [0.25, 0.3) is 0 Å². The van der Waals surface area contributed by atoms with Crippen LogP contribution in [0.25, 0.3) is 0 Å². The van der Waals surface area contributed by atoms with Crippen molar-refractivity contribution in [3.05, 3.63) is 52.7 Å². The molecule has 1 unspecified atom stereocenters. The Balaban J connectivity index is 1.85. The lowest BCUT2D eigenvalue weighted by Gasteiger charge is -2.17. The third-order valence-electron chi connectivity index (χ3n) is 4.08. The number of rotatable bonds is 3. The highest BCUT2D eigenvalue weighted by atomic mass is 19.4. The second kappa shape index (κ2) is 5.76. The van der Waals surface area contributed by atoms with Crippen molar-refractivity contribution >= 4 is 0 Å². The van der Waals surface area contributed by atoms with Gasteiger partial charge in [-0.05, 0) is 36.9 Å². The zero-order valence-corrected chi connectivity index (χ0v) is 12.0. The van der Waals surface area contributed by atoms with E-state index in [-0.39, 0.29) is 12.0 Å². The molecule has 0 aliphatic heterocycles. The van der Waals surface area contributed by atoms with Crippen molar-refractivity contribution in [1.29, 1.82) is 0 Å². The van der Waals surface area contributed by atoms with Crippen LogP contribution in [0.5, 0.6) is 0 Å². The zero-order valence-electron chi connectivity index (χ0n) is 12.0. The van der Waals surface area contributed by atoms with E-state index in [1.165, 1.54) is 12.1 Å². The van der Waals surface area contributed by atoms with E-state index in [1.54, 1.807) is 6.07 Å². The van der Waals surface area contributed by atoms with E-state index < -0.39 is 11.7 Å². The number of alkyl halides is 3. The molecular formula is C16H17F3N2O. The van der Waals surface area contributed by atoms with Crippen molar-refractivity contribution in [3.63, 3.8) is 0 Å². The normalized spacial score (nSPS) is 18.3. The molecule has 0 saturated heterocycles. The van der Waals surface area contributed by atoms with Crippen molar-refractivity contribution < 1.29 is 17.6 Å². The van der Waals surface area contributed by atoms with E-state index >= 15 is 0 Å². The number of hydrogen-bond acceptors (Lipinski definition) is 3. The summed E-state index contributed by atoms with van der Waals surface area (Å²) in [5, 5.41) is 0. The van der Waals surface area contributed by atoms with E-state index in [9.17, 15) is 13.2 Å².